The van der Waals surface area contributed by atoms with Crippen LogP contribution >= 0.6 is 0 Å². The SMILES string of the molecule is O=C(NCCN1CCOCC1)c1cc(NC(=O)C(c2ccccc2)c2ccccc2)ccc1N1CCN(Cc2ccccc2)CC1. The Morgan fingerprint density at radius 2 is 1.30 bits per heavy atom. The Morgan fingerprint density at radius 1 is 0.696 bits per heavy atom. The van der Waals surface area contributed by atoms with Crippen LogP contribution in [0.2, 0.25) is 0 Å². The van der Waals surface area contributed by atoms with Gasteiger partial charge >= 0.3 is 0 Å². The lowest BCUT2D eigenvalue weighted by Crippen LogP contribution is -2.46. The van der Waals surface area contributed by atoms with Crippen LogP contribution in [0.1, 0.15) is 33.0 Å². The zero-order chi connectivity index (χ0) is 31.6. The average Bonchev–Trinajstić information content (AvgIpc) is 3.10. The van der Waals surface area contributed by atoms with E-state index < -0.39 is 5.92 Å². The molecule has 4 aromatic rings. The third-order valence-corrected chi connectivity index (χ3v) is 8.82. The molecule has 0 atom stereocenters. The molecular weight excluding hydrogens is 574 g/mol. The molecule has 46 heavy (non-hydrogen) atoms. The van der Waals surface area contributed by atoms with E-state index in [1.165, 1.54) is 5.56 Å². The molecule has 238 valence electrons. The quantitative estimate of drug-likeness (QED) is 0.251. The fourth-order valence-corrected chi connectivity index (χ4v) is 6.31. The van der Waals surface area contributed by atoms with E-state index >= 15 is 0 Å². The number of amides is 2. The third kappa shape index (κ3) is 8.20. The molecule has 6 rings (SSSR count). The second-order valence-electron chi connectivity index (χ2n) is 11.9. The van der Waals surface area contributed by atoms with Crippen LogP contribution in [0.3, 0.4) is 0 Å². The molecule has 0 radical (unpaired) electrons. The van der Waals surface area contributed by atoms with Crippen molar-refractivity contribution < 1.29 is 14.3 Å². The molecule has 0 saturated carbocycles. The molecule has 2 amide bonds. The van der Waals surface area contributed by atoms with E-state index in [1.54, 1.807) is 0 Å². The van der Waals surface area contributed by atoms with Crippen molar-refractivity contribution in [3.05, 3.63) is 131 Å². The van der Waals surface area contributed by atoms with Crippen LogP contribution in [0.4, 0.5) is 11.4 Å². The van der Waals surface area contributed by atoms with Crippen molar-refractivity contribution in [2.24, 2.45) is 0 Å². The smallest absolute Gasteiger partial charge is 0.253 e. The van der Waals surface area contributed by atoms with Crippen LogP contribution < -0.4 is 15.5 Å². The molecular formula is C38H43N5O3. The highest BCUT2D eigenvalue weighted by molar-refractivity contribution is 6.03. The average molecular weight is 618 g/mol. The van der Waals surface area contributed by atoms with Gasteiger partial charge in [-0.25, -0.2) is 0 Å². The first kappa shape index (κ1) is 31.5. The fraction of sp³-hybridized carbons (Fsp3) is 0.316. The van der Waals surface area contributed by atoms with Crippen LogP contribution in [0.15, 0.2) is 109 Å². The Balaban J connectivity index is 1.20. The minimum absolute atomic E-state index is 0.131. The number of anilines is 2. The van der Waals surface area contributed by atoms with Gasteiger partial charge in [0.05, 0.1) is 24.7 Å². The van der Waals surface area contributed by atoms with E-state index in [-0.39, 0.29) is 11.8 Å². The minimum atomic E-state index is -0.481. The third-order valence-electron chi connectivity index (χ3n) is 8.82. The molecule has 2 fully saturated rings. The van der Waals surface area contributed by atoms with Gasteiger partial charge in [-0.15, -0.1) is 0 Å². The second kappa shape index (κ2) is 15.7. The normalized spacial score (nSPS) is 15.9. The van der Waals surface area contributed by atoms with Crippen LogP contribution in [0.25, 0.3) is 0 Å². The second-order valence-corrected chi connectivity index (χ2v) is 11.9. The standard InChI is InChI=1S/C38H43N5O3/c44-37(39-18-19-41-24-26-46-27-25-41)34-28-33(40-38(45)36(31-12-6-2-7-13-31)32-14-8-3-9-15-32)16-17-35(34)43-22-20-42(21-23-43)29-30-10-4-1-5-11-30/h1-17,28,36H,18-27,29H2,(H,39,44)(H,40,45). The Bertz CT molecular complexity index is 1510. The van der Waals surface area contributed by atoms with E-state index in [4.69, 9.17) is 4.74 Å². The molecule has 2 heterocycles. The summed E-state index contributed by atoms with van der Waals surface area (Å²) < 4.78 is 5.47. The summed E-state index contributed by atoms with van der Waals surface area (Å²) in [5.41, 5.74) is 5.21. The number of carbonyl (C=O) groups is 2. The number of ether oxygens (including phenoxy) is 1. The lowest BCUT2D eigenvalue weighted by atomic mass is 9.90. The van der Waals surface area contributed by atoms with Crippen molar-refractivity contribution >= 4 is 23.2 Å². The maximum Gasteiger partial charge on any atom is 0.253 e. The maximum atomic E-state index is 13.9. The predicted molar refractivity (Wildman–Crippen MR) is 183 cm³/mol. The first-order valence-corrected chi connectivity index (χ1v) is 16.3. The first-order valence-electron chi connectivity index (χ1n) is 16.3. The summed E-state index contributed by atoms with van der Waals surface area (Å²) >= 11 is 0. The Labute approximate surface area is 272 Å². The number of carbonyl (C=O) groups excluding carboxylic acids is 2. The molecule has 8 heteroatoms. The molecule has 2 aliphatic heterocycles. The highest BCUT2D eigenvalue weighted by Crippen LogP contribution is 2.29. The topological polar surface area (TPSA) is 77.2 Å². The number of rotatable bonds is 11. The van der Waals surface area contributed by atoms with Crippen molar-refractivity contribution in [2.45, 2.75) is 12.5 Å². The van der Waals surface area contributed by atoms with Gasteiger partial charge in [0.1, 0.15) is 0 Å². The molecule has 2 aliphatic rings. The van der Waals surface area contributed by atoms with Crippen molar-refractivity contribution in [2.75, 3.05) is 75.8 Å². The highest BCUT2D eigenvalue weighted by Gasteiger charge is 2.25. The largest absolute Gasteiger partial charge is 0.379 e. The van der Waals surface area contributed by atoms with Crippen molar-refractivity contribution in [1.82, 2.24) is 15.1 Å². The molecule has 2 N–H and O–H groups in total. The fourth-order valence-electron chi connectivity index (χ4n) is 6.31. The summed E-state index contributed by atoms with van der Waals surface area (Å²) in [6.45, 7) is 8.87. The van der Waals surface area contributed by atoms with Gasteiger partial charge in [0.15, 0.2) is 0 Å². The Kier molecular flexibility index (Phi) is 10.7. The maximum absolute atomic E-state index is 13.9. The number of piperazine rings is 1. The molecule has 0 unspecified atom stereocenters. The number of nitrogens with zero attached hydrogens (tertiary/aromatic N) is 3. The van der Waals surface area contributed by atoms with E-state index in [2.05, 4.69) is 49.6 Å². The Hall–Kier alpha value is -4.50. The summed E-state index contributed by atoms with van der Waals surface area (Å²) in [6.07, 6.45) is 0. The van der Waals surface area contributed by atoms with E-state index in [0.717, 1.165) is 82.4 Å². The molecule has 0 spiro atoms. The number of morpholine rings is 1. The van der Waals surface area contributed by atoms with Gasteiger partial charge in [-0.05, 0) is 34.9 Å². The molecule has 2 saturated heterocycles. The summed E-state index contributed by atoms with van der Waals surface area (Å²) in [6, 6.07) is 35.9. The summed E-state index contributed by atoms with van der Waals surface area (Å²) in [7, 11) is 0. The Morgan fingerprint density at radius 3 is 1.93 bits per heavy atom. The predicted octanol–water partition coefficient (Wildman–Crippen LogP) is 4.84. The summed E-state index contributed by atoms with van der Waals surface area (Å²) in [4.78, 5) is 34.7. The number of benzene rings is 4. The van der Waals surface area contributed by atoms with E-state index in [9.17, 15) is 9.59 Å². The van der Waals surface area contributed by atoms with Gasteiger partial charge in [-0.3, -0.25) is 19.4 Å². The molecule has 0 bridgehead atoms. The lowest BCUT2D eigenvalue weighted by molar-refractivity contribution is -0.116. The van der Waals surface area contributed by atoms with Gasteiger partial charge in [0, 0.05) is 70.3 Å². The molecule has 0 aliphatic carbocycles. The van der Waals surface area contributed by atoms with Crippen molar-refractivity contribution in [1.29, 1.82) is 0 Å². The summed E-state index contributed by atoms with van der Waals surface area (Å²) in [5.74, 6) is -0.752. The van der Waals surface area contributed by atoms with Crippen LogP contribution in [0, 0.1) is 0 Å². The minimum Gasteiger partial charge on any atom is -0.379 e. The number of hydrogen-bond acceptors (Lipinski definition) is 6. The highest BCUT2D eigenvalue weighted by atomic mass is 16.5. The van der Waals surface area contributed by atoms with E-state index in [1.807, 2.05) is 84.9 Å². The van der Waals surface area contributed by atoms with Crippen LogP contribution in [-0.4, -0.2) is 87.2 Å². The van der Waals surface area contributed by atoms with Gasteiger partial charge in [0.2, 0.25) is 5.91 Å². The lowest BCUT2D eigenvalue weighted by Gasteiger charge is -2.37. The number of nitrogens with one attached hydrogen (secondary N) is 2. The first-order chi connectivity index (χ1) is 22.6. The summed E-state index contributed by atoms with van der Waals surface area (Å²) in [5, 5.41) is 6.29. The van der Waals surface area contributed by atoms with Gasteiger partial charge in [0.25, 0.3) is 5.91 Å². The van der Waals surface area contributed by atoms with Crippen molar-refractivity contribution in [3.63, 3.8) is 0 Å². The zero-order valence-electron chi connectivity index (χ0n) is 26.3. The molecule has 4 aromatic carbocycles. The van der Waals surface area contributed by atoms with Crippen LogP contribution in [-0.2, 0) is 16.1 Å². The molecule has 8 nitrogen and oxygen atoms in total. The van der Waals surface area contributed by atoms with E-state index in [0.29, 0.717) is 17.8 Å². The van der Waals surface area contributed by atoms with Gasteiger partial charge < -0.3 is 20.3 Å². The monoisotopic (exact) mass is 617 g/mol. The van der Waals surface area contributed by atoms with Crippen molar-refractivity contribution in [3.8, 4) is 0 Å². The molecule has 0 aromatic heterocycles. The van der Waals surface area contributed by atoms with Crippen LogP contribution in [0.5, 0.6) is 0 Å². The van der Waals surface area contributed by atoms with Gasteiger partial charge in [-0.1, -0.05) is 91.0 Å². The number of hydrogen-bond donors (Lipinski definition) is 2. The van der Waals surface area contributed by atoms with Gasteiger partial charge in [-0.2, -0.15) is 0 Å². The zero-order valence-corrected chi connectivity index (χ0v) is 26.3.